The Morgan fingerprint density at radius 1 is 1.36 bits per heavy atom. The van der Waals surface area contributed by atoms with Crippen molar-refractivity contribution in [1.82, 2.24) is 15.4 Å². The van der Waals surface area contributed by atoms with Crippen LogP contribution in [0.25, 0.3) is 0 Å². The summed E-state index contributed by atoms with van der Waals surface area (Å²) in [5.74, 6) is 5.50. The maximum atomic E-state index is 5.50. The van der Waals surface area contributed by atoms with Crippen molar-refractivity contribution in [1.29, 1.82) is 0 Å². The molecule has 0 radical (unpaired) electrons. The molecule has 2 heterocycles. The average Bonchev–Trinajstić information content (AvgIpc) is 2.74. The Morgan fingerprint density at radius 2 is 2.14 bits per heavy atom. The lowest BCUT2D eigenvalue weighted by Crippen LogP contribution is -2.28. The van der Waals surface area contributed by atoms with Gasteiger partial charge in [0, 0.05) is 22.8 Å². The summed E-state index contributed by atoms with van der Waals surface area (Å²) < 4.78 is 0. The van der Waals surface area contributed by atoms with Crippen LogP contribution in [-0.2, 0) is 0 Å². The van der Waals surface area contributed by atoms with Crippen LogP contribution in [0.4, 0.5) is 0 Å². The van der Waals surface area contributed by atoms with E-state index in [0.717, 1.165) is 10.4 Å². The summed E-state index contributed by atoms with van der Waals surface area (Å²) in [5, 5.41) is 2.02. The van der Waals surface area contributed by atoms with Crippen LogP contribution in [0.1, 0.15) is 16.5 Å². The Hall–Kier alpha value is -1.30. The summed E-state index contributed by atoms with van der Waals surface area (Å²) in [7, 11) is 0. The molecule has 0 saturated heterocycles. The van der Waals surface area contributed by atoms with Crippen LogP contribution in [0.15, 0.2) is 36.2 Å². The van der Waals surface area contributed by atoms with Crippen molar-refractivity contribution in [3.05, 3.63) is 46.7 Å². The molecule has 4 nitrogen and oxygen atoms in total. The molecular formula is C9H10N4S. The molecule has 5 heteroatoms. The Morgan fingerprint density at radius 3 is 2.71 bits per heavy atom. The summed E-state index contributed by atoms with van der Waals surface area (Å²) in [6, 6.07) is 4.01. The number of nitrogens with two attached hydrogens (primary N) is 1. The molecule has 0 amide bonds. The lowest BCUT2D eigenvalue weighted by Gasteiger charge is -2.12. The third kappa shape index (κ3) is 1.79. The summed E-state index contributed by atoms with van der Waals surface area (Å²) >= 11 is 1.65. The van der Waals surface area contributed by atoms with Gasteiger partial charge >= 0.3 is 0 Å². The summed E-state index contributed by atoms with van der Waals surface area (Å²) in [6.45, 7) is 0. The Balaban J connectivity index is 2.31. The maximum absolute atomic E-state index is 5.50. The van der Waals surface area contributed by atoms with Crippen LogP contribution in [0.5, 0.6) is 0 Å². The van der Waals surface area contributed by atoms with Gasteiger partial charge in [-0.25, -0.2) is 15.4 Å². The number of nitrogens with zero attached hydrogens (tertiary/aromatic N) is 2. The highest BCUT2D eigenvalue weighted by molar-refractivity contribution is 7.10. The first kappa shape index (κ1) is 9.26. The fraction of sp³-hybridized carbons (Fsp3) is 0.111. The predicted molar refractivity (Wildman–Crippen MR) is 55.5 cm³/mol. The van der Waals surface area contributed by atoms with Gasteiger partial charge in [0.05, 0.1) is 6.04 Å². The van der Waals surface area contributed by atoms with Crippen molar-refractivity contribution < 1.29 is 0 Å². The van der Waals surface area contributed by atoms with Gasteiger partial charge in [0.15, 0.2) is 0 Å². The number of hydrogen-bond donors (Lipinski definition) is 2. The Kier molecular flexibility index (Phi) is 2.83. The van der Waals surface area contributed by atoms with Crippen LogP contribution < -0.4 is 11.3 Å². The third-order valence-corrected chi connectivity index (χ3v) is 2.85. The number of aromatic nitrogens is 2. The van der Waals surface area contributed by atoms with E-state index < -0.39 is 0 Å². The number of hydrazine groups is 1. The predicted octanol–water partition coefficient (Wildman–Crippen LogP) is 1.09. The minimum atomic E-state index is -0.0174. The van der Waals surface area contributed by atoms with Crippen LogP contribution in [0.2, 0.25) is 0 Å². The first-order valence-electron chi connectivity index (χ1n) is 4.16. The molecule has 3 N–H and O–H groups in total. The molecule has 0 aliphatic carbocycles. The fourth-order valence-corrected chi connectivity index (χ4v) is 2.07. The van der Waals surface area contributed by atoms with E-state index in [-0.39, 0.29) is 6.04 Å². The average molecular weight is 206 g/mol. The first-order valence-corrected chi connectivity index (χ1v) is 5.04. The largest absolute Gasteiger partial charge is 0.271 e. The highest BCUT2D eigenvalue weighted by Gasteiger charge is 2.12. The summed E-state index contributed by atoms with van der Waals surface area (Å²) in [5.41, 5.74) is 3.72. The zero-order valence-electron chi connectivity index (χ0n) is 7.42. The molecule has 0 aliphatic rings. The van der Waals surface area contributed by atoms with E-state index in [9.17, 15) is 0 Å². The molecule has 0 fully saturated rings. The maximum Gasteiger partial charge on any atom is 0.115 e. The molecule has 0 spiro atoms. The van der Waals surface area contributed by atoms with Crippen LogP contribution in [-0.4, -0.2) is 9.97 Å². The Bertz CT molecular complexity index is 373. The van der Waals surface area contributed by atoms with Crippen molar-refractivity contribution in [2.45, 2.75) is 6.04 Å². The molecule has 72 valence electrons. The van der Waals surface area contributed by atoms with Crippen molar-refractivity contribution in [2.24, 2.45) is 5.84 Å². The van der Waals surface area contributed by atoms with Crippen LogP contribution in [0, 0.1) is 0 Å². The van der Waals surface area contributed by atoms with Gasteiger partial charge in [0.2, 0.25) is 0 Å². The minimum Gasteiger partial charge on any atom is -0.271 e. The number of nitrogens with one attached hydrogen (secondary N) is 1. The zero-order valence-corrected chi connectivity index (χ0v) is 8.24. The van der Waals surface area contributed by atoms with E-state index in [1.165, 1.54) is 6.33 Å². The van der Waals surface area contributed by atoms with Crippen molar-refractivity contribution >= 4 is 11.3 Å². The summed E-state index contributed by atoms with van der Waals surface area (Å²) in [6.07, 6.45) is 5.03. The first-order chi connectivity index (χ1) is 6.92. The van der Waals surface area contributed by atoms with E-state index >= 15 is 0 Å². The lowest BCUT2D eigenvalue weighted by atomic mass is 10.1. The standard InChI is InChI=1S/C9H10N4S/c10-13-9(8-2-1-3-14-8)7-4-11-6-12-5-7/h1-6,9,13H,10H2. The summed E-state index contributed by atoms with van der Waals surface area (Å²) in [4.78, 5) is 9.08. The fourth-order valence-electron chi connectivity index (χ4n) is 1.26. The second-order valence-corrected chi connectivity index (χ2v) is 3.77. The van der Waals surface area contributed by atoms with Gasteiger partial charge in [-0.3, -0.25) is 5.84 Å². The lowest BCUT2D eigenvalue weighted by molar-refractivity contribution is 0.641. The molecule has 2 aromatic heterocycles. The third-order valence-electron chi connectivity index (χ3n) is 1.91. The molecule has 1 unspecified atom stereocenters. The normalized spacial score (nSPS) is 12.6. The molecule has 0 bridgehead atoms. The number of rotatable bonds is 3. The smallest absolute Gasteiger partial charge is 0.115 e. The van der Waals surface area contributed by atoms with Gasteiger partial charge in [0.1, 0.15) is 6.33 Å². The van der Waals surface area contributed by atoms with Gasteiger partial charge in [-0.2, -0.15) is 0 Å². The highest BCUT2D eigenvalue weighted by Crippen LogP contribution is 2.23. The second kappa shape index (κ2) is 4.28. The highest BCUT2D eigenvalue weighted by atomic mass is 32.1. The van der Waals surface area contributed by atoms with Gasteiger partial charge in [-0.15, -0.1) is 11.3 Å². The molecule has 2 aromatic rings. The van der Waals surface area contributed by atoms with Crippen molar-refractivity contribution in [3.63, 3.8) is 0 Å². The zero-order chi connectivity index (χ0) is 9.80. The van der Waals surface area contributed by atoms with E-state index in [1.807, 2.05) is 17.5 Å². The van der Waals surface area contributed by atoms with Gasteiger partial charge in [0.25, 0.3) is 0 Å². The van der Waals surface area contributed by atoms with Gasteiger partial charge < -0.3 is 0 Å². The Labute approximate surface area is 85.8 Å². The number of thiophene rings is 1. The van der Waals surface area contributed by atoms with E-state index in [4.69, 9.17) is 5.84 Å². The van der Waals surface area contributed by atoms with E-state index in [2.05, 4.69) is 15.4 Å². The topological polar surface area (TPSA) is 63.8 Å². The van der Waals surface area contributed by atoms with E-state index in [1.54, 1.807) is 23.7 Å². The quantitative estimate of drug-likeness (QED) is 0.583. The second-order valence-electron chi connectivity index (χ2n) is 2.79. The molecule has 1 atom stereocenters. The number of hydrogen-bond acceptors (Lipinski definition) is 5. The molecule has 2 rings (SSSR count). The SMILES string of the molecule is NNC(c1cncnc1)c1cccs1. The molecule has 0 saturated carbocycles. The van der Waals surface area contributed by atoms with Crippen LogP contribution in [0.3, 0.4) is 0 Å². The van der Waals surface area contributed by atoms with Crippen LogP contribution >= 0.6 is 11.3 Å². The molecular weight excluding hydrogens is 196 g/mol. The molecule has 0 aromatic carbocycles. The van der Waals surface area contributed by atoms with Gasteiger partial charge in [-0.05, 0) is 11.4 Å². The monoisotopic (exact) mass is 206 g/mol. The van der Waals surface area contributed by atoms with E-state index in [0.29, 0.717) is 0 Å². The minimum absolute atomic E-state index is 0.0174. The van der Waals surface area contributed by atoms with Crippen molar-refractivity contribution in [3.8, 4) is 0 Å². The van der Waals surface area contributed by atoms with Gasteiger partial charge in [-0.1, -0.05) is 6.07 Å². The molecule has 0 aliphatic heterocycles. The van der Waals surface area contributed by atoms with Crippen molar-refractivity contribution in [2.75, 3.05) is 0 Å². The molecule has 14 heavy (non-hydrogen) atoms.